The summed E-state index contributed by atoms with van der Waals surface area (Å²) in [4.78, 5) is 0. The van der Waals surface area contributed by atoms with Gasteiger partial charge in [0, 0.05) is 37.9 Å². The number of halogens is 1. The molecule has 0 aliphatic rings. The van der Waals surface area contributed by atoms with Gasteiger partial charge in [0.25, 0.3) is 0 Å². The number of hydrogen-bond acceptors (Lipinski definition) is 3. The van der Waals surface area contributed by atoms with Crippen LogP contribution in [0.1, 0.15) is 25.1 Å². The van der Waals surface area contributed by atoms with Crippen molar-refractivity contribution in [2.24, 2.45) is 7.05 Å². The number of nitrogens with zero attached hydrogens (tertiary/aromatic N) is 2. The van der Waals surface area contributed by atoms with Gasteiger partial charge in [-0.1, -0.05) is 19.9 Å². The Morgan fingerprint density at radius 1 is 1.33 bits per heavy atom. The van der Waals surface area contributed by atoms with Crippen molar-refractivity contribution in [3.8, 4) is 5.75 Å². The van der Waals surface area contributed by atoms with E-state index in [1.54, 1.807) is 0 Å². The van der Waals surface area contributed by atoms with Crippen LogP contribution < -0.4 is 10.1 Å². The van der Waals surface area contributed by atoms with Crippen LogP contribution in [-0.2, 0) is 20.0 Å². The quantitative estimate of drug-likeness (QED) is 0.831. The number of aromatic nitrogens is 2. The molecule has 0 radical (unpaired) electrons. The van der Waals surface area contributed by atoms with Gasteiger partial charge < -0.3 is 10.1 Å². The van der Waals surface area contributed by atoms with E-state index in [-0.39, 0.29) is 0 Å². The largest absolute Gasteiger partial charge is 0.492 e. The zero-order valence-corrected chi connectivity index (χ0v) is 14.4. The molecule has 2 aromatic rings. The monoisotopic (exact) mass is 351 g/mol. The zero-order chi connectivity index (χ0) is 15.2. The Kier molecular flexibility index (Phi) is 5.82. The predicted molar refractivity (Wildman–Crippen MR) is 88.5 cm³/mol. The van der Waals surface area contributed by atoms with Crippen molar-refractivity contribution < 1.29 is 4.74 Å². The van der Waals surface area contributed by atoms with E-state index in [9.17, 15) is 0 Å². The molecule has 0 spiro atoms. The number of aryl methyl sites for hydroxylation is 1. The maximum atomic E-state index is 5.84. The fraction of sp³-hybridized carbons (Fsp3) is 0.438. The van der Waals surface area contributed by atoms with Gasteiger partial charge >= 0.3 is 0 Å². The molecule has 0 fully saturated rings. The van der Waals surface area contributed by atoms with Crippen molar-refractivity contribution in [1.82, 2.24) is 15.1 Å². The molecule has 0 saturated heterocycles. The molecule has 4 nitrogen and oxygen atoms in total. The molecule has 1 heterocycles. The average Bonchev–Trinajstić information content (AvgIpc) is 2.84. The predicted octanol–water partition coefficient (Wildman–Crippen LogP) is 3.30. The average molecular weight is 352 g/mol. The van der Waals surface area contributed by atoms with Gasteiger partial charge in [0.05, 0.1) is 11.1 Å². The van der Waals surface area contributed by atoms with E-state index < -0.39 is 0 Å². The van der Waals surface area contributed by atoms with E-state index in [1.165, 1.54) is 11.3 Å². The van der Waals surface area contributed by atoms with Crippen molar-refractivity contribution >= 4 is 15.9 Å². The molecule has 0 amide bonds. The third-order valence-electron chi connectivity index (χ3n) is 3.25. The Balaban J connectivity index is 1.87. The Morgan fingerprint density at radius 2 is 2.14 bits per heavy atom. The van der Waals surface area contributed by atoms with Gasteiger partial charge in [-0.3, -0.25) is 4.68 Å². The van der Waals surface area contributed by atoms with Crippen LogP contribution in [-0.4, -0.2) is 22.4 Å². The van der Waals surface area contributed by atoms with Crippen molar-refractivity contribution in [2.75, 3.05) is 6.61 Å². The van der Waals surface area contributed by atoms with Gasteiger partial charge in [-0.25, -0.2) is 0 Å². The summed E-state index contributed by atoms with van der Waals surface area (Å²) in [6.45, 7) is 5.79. The van der Waals surface area contributed by atoms with Crippen LogP contribution in [0, 0.1) is 0 Å². The topological polar surface area (TPSA) is 39.1 Å². The van der Waals surface area contributed by atoms with E-state index >= 15 is 0 Å². The molecule has 0 bridgehead atoms. The second-order valence-electron chi connectivity index (χ2n) is 5.34. The highest BCUT2D eigenvalue weighted by Crippen LogP contribution is 2.26. The molecule has 0 saturated carbocycles. The first-order chi connectivity index (χ1) is 10.1. The van der Waals surface area contributed by atoms with Crippen molar-refractivity contribution in [1.29, 1.82) is 0 Å². The number of hydrogen-bond donors (Lipinski definition) is 1. The first-order valence-corrected chi connectivity index (χ1v) is 7.97. The smallest absolute Gasteiger partial charge is 0.133 e. The lowest BCUT2D eigenvalue weighted by molar-refractivity contribution is 0.316. The molecule has 0 atom stereocenters. The first kappa shape index (κ1) is 16.0. The minimum atomic E-state index is 0.485. The highest BCUT2D eigenvalue weighted by Gasteiger charge is 2.05. The number of rotatable bonds is 7. The highest BCUT2D eigenvalue weighted by atomic mass is 79.9. The van der Waals surface area contributed by atoms with Crippen LogP contribution in [0.4, 0.5) is 0 Å². The molecular formula is C16H22BrN3O. The summed E-state index contributed by atoms with van der Waals surface area (Å²) in [5, 5.41) is 7.56. The lowest BCUT2D eigenvalue weighted by atomic mass is 10.2. The summed E-state index contributed by atoms with van der Waals surface area (Å²) in [7, 11) is 1.95. The van der Waals surface area contributed by atoms with Crippen molar-refractivity contribution in [3.63, 3.8) is 0 Å². The van der Waals surface area contributed by atoms with Crippen LogP contribution >= 0.6 is 15.9 Å². The maximum absolute atomic E-state index is 5.84. The Hall–Kier alpha value is -1.33. The van der Waals surface area contributed by atoms with Crippen LogP contribution in [0.5, 0.6) is 5.75 Å². The molecule has 2 rings (SSSR count). The third kappa shape index (κ3) is 4.86. The van der Waals surface area contributed by atoms with Crippen LogP contribution in [0.25, 0.3) is 0 Å². The SMILES string of the molecule is CC(C)NCc1ccc(OCCc2ccnn2C)c(Br)c1. The first-order valence-electron chi connectivity index (χ1n) is 7.17. The number of ether oxygens (including phenoxy) is 1. The highest BCUT2D eigenvalue weighted by molar-refractivity contribution is 9.10. The molecule has 0 aliphatic carbocycles. The molecule has 0 aliphatic heterocycles. The molecular weight excluding hydrogens is 330 g/mol. The van der Waals surface area contributed by atoms with Gasteiger partial charge in [-0.15, -0.1) is 0 Å². The summed E-state index contributed by atoms with van der Waals surface area (Å²) >= 11 is 3.58. The fourth-order valence-corrected chi connectivity index (χ4v) is 2.55. The lowest BCUT2D eigenvalue weighted by Crippen LogP contribution is -2.21. The Labute approximate surface area is 134 Å². The normalized spacial score (nSPS) is 11.1. The molecule has 0 unspecified atom stereocenters. The number of nitrogens with one attached hydrogen (secondary N) is 1. The fourth-order valence-electron chi connectivity index (χ4n) is 2.01. The molecule has 114 valence electrons. The maximum Gasteiger partial charge on any atom is 0.133 e. The lowest BCUT2D eigenvalue weighted by Gasteiger charge is -2.11. The molecule has 1 N–H and O–H groups in total. The van der Waals surface area contributed by atoms with Crippen LogP contribution in [0.15, 0.2) is 34.9 Å². The molecule has 21 heavy (non-hydrogen) atoms. The third-order valence-corrected chi connectivity index (χ3v) is 3.87. The van der Waals surface area contributed by atoms with Crippen LogP contribution in [0.3, 0.4) is 0 Å². The summed E-state index contributed by atoms with van der Waals surface area (Å²) in [6, 6.07) is 8.72. The summed E-state index contributed by atoms with van der Waals surface area (Å²) in [5.41, 5.74) is 2.42. The standard InChI is InChI=1S/C16H22BrN3O/c1-12(2)18-11-13-4-5-16(15(17)10-13)21-9-7-14-6-8-19-20(14)3/h4-6,8,10,12,18H,7,9,11H2,1-3H3. The van der Waals surface area contributed by atoms with E-state index in [0.29, 0.717) is 12.6 Å². The Morgan fingerprint density at radius 3 is 2.76 bits per heavy atom. The second-order valence-corrected chi connectivity index (χ2v) is 6.20. The summed E-state index contributed by atoms with van der Waals surface area (Å²) in [6.07, 6.45) is 2.65. The molecule has 1 aromatic heterocycles. The van der Waals surface area contributed by atoms with Crippen LogP contribution in [0.2, 0.25) is 0 Å². The van der Waals surface area contributed by atoms with E-state index in [1.807, 2.05) is 30.1 Å². The van der Waals surface area contributed by atoms with E-state index in [4.69, 9.17) is 4.74 Å². The van der Waals surface area contributed by atoms with Crippen molar-refractivity contribution in [3.05, 3.63) is 46.2 Å². The summed E-state index contributed by atoms with van der Waals surface area (Å²) < 4.78 is 8.71. The minimum absolute atomic E-state index is 0.485. The van der Waals surface area contributed by atoms with Gasteiger partial charge in [0.15, 0.2) is 0 Å². The molecule has 1 aromatic carbocycles. The van der Waals surface area contributed by atoms with E-state index in [2.05, 4.69) is 52.3 Å². The van der Waals surface area contributed by atoms with Gasteiger partial charge in [0.2, 0.25) is 0 Å². The van der Waals surface area contributed by atoms with Crippen molar-refractivity contribution in [2.45, 2.75) is 32.9 Å². The summed E-state index contributed by atoms with van der Waals surface area (Å²) in [5.74, 6) is 0.880. The van der Waals surface area contributed by atoms with E-state index in [0.717, 1.165) is 23.2 Å². The van der Waals surface area contributed by atoms with Gasteiger partial charge in [0.1, 0.15) is 5.75 Å². The Bertz CT molecular complexity index is 581. The molecule has 5 heteroatoms. The van der Waals surface area contributed by atoms with Gasteiger partial charge in [-0.2, -0.15) is 5.10 Å². The minimum Gasteiger partial charge on any atom is -0.492 e. The second kappa shape index (κ2) is 7.61. The zero-order valence-electron chi connectivity index (χ0n) is 12.8. The number of benzene rings is 1. The van der Waals surface area contributed by atoms with Gasteiger partial charge in [-0.05, 0) is 39.7 Å².